The molecular formula is C20H18ClN3O2. The van der Waals surface area contributed by atoms with Crippen LogP contribution in [0.3, 0.4) is 0 Å². The van der Waals surface area contributed by atoms with E-state index in [4.69, 9.17) is 16.1 Å². The molecule has 1 aliphatic heterocycles. The van der Waals surface area contributed by atoms with E-state index in [1.807, 2.05) is 56.3 Å². The summed E-state index contributed by atoms with van der Waals surface area (Å²) in [5.74, 6) is 1.00. The SMILES string of the molecule is Cc1ccc(N2CC(c3noc(-c4ccccc4C)n3)CC2=O)cc1Cl. The highest BCUT2D eigenvalue weighted by atomic mass is 35.5. The van der Waals surface area contributed by atoms with Crippen molar-refractivity contribution in [2.45, 2.75) is 26.2 Å². The van der Waals surface area contributed by atoms with Gasteiger partial charge in [0.05, 0.1) is 0 Å². The zero-order valence-corrected chi connectivity index (χ0v) is 15.3. The van der Waals surface area contributed by atoms with Gasteiger partial charge in [0.2, 0.25) is 5.91 Å². The van der Waals surface area contributed by atoms with Crippen molar-refractivity contribution in [2.24, 2.45) is 0 Å². The molecule has 6 heteroatoms. The Kier molecular flexibility index (Phi) is 4.24. The summed E-state index contributed by atoms with van der Waals surface area (Å²) >= 11 is 6.20. The van der Waals surface area contributed by atoms with Crippen LogP contribution in [0.2, 0.25) is 5.02 Å². The standard InChI is InChI=1S/C20H18ClN3O2/c1-12-5-3-4-6-16(12)20-22-19(23-26-20)14-9-18(25)24(11-14)15-8-7-13(2)17(21)10-15/h3-8,10,14H,9,11H2,1-2H3. The van der Waals surface area contributed by atoms with Crippen molar-refractivity contribution in [1.82, 2.24) is 10.1 Å². The number of aromatic nitrogens is 2. The first-order chi connectivity index (χ1) is 12.5. The average Bonchev–Trinajstić information content (AvgIpc) is 3.25. The lowest BCUT2D eigenvalue weighted by Crippen LogP contribution is -2.24. The Hall–Kier alpha value is -2.66. The van der Waals surface area contributed by atoms with E-state index in [2.05, 4.69) is 10.1 Å². The highest BCUT2D eigenvalue weighted by molar-refractivity contribution is 6.31. The summed E-state index contributed by atoms with van der Waals surface area (Å²) in [5.41, 5.74) is 3.77. The first kappa shape index (κ1) is 16.8. The predicted octanol–water partition coefficient (Wildman–Crippen LogP) is 4.53. The minimum Gasteiger partial charge on any atom is -0.334 e. The monoisotopic (exact) mass is 367 g/mol. The van der Waals surface area contributed by atoms with Gasteiger partial charge >= 0.3 is 0 Å². The Balaban J connectivity index is 1.58. The maximum Gasteiger partial charge on any atom is 0.258 e. The Morgan fingerprint density at radius 2 is 1.96 bits per heavy atom. The van der Waals surface area contributed by atoms with Crippen LogP contribution in [0.15, 0.2) is 47.0 Å². The van der Waals surface area contributed by atoms with Gasteiger partial charge in [-0.05, 0) is 43.2 Å². The summed E-state index contributed by atoms with van der Waals surface area (Å²) in [5, 5.41) is 4.77. The highest BCUT2D eigenvalue weighted by Crippen LogP contribution is 2.33. The van der Waals surface area contributed by atoms with E-state index in [-0.39, 0.29) is 11.8 Å². The third-order valence-electron chi connectivity index (χ3n) is 4.77. The molecule has 0 saturated carbocycles. The summed E-state index contributed by atoms with van der Waals surface area (Å²) < 4.78 is 5.44. The molecular weight excluding hydrogens is 350 g/mol. The summed E-state index contributed by atoms with van der Waals surface area (Å²) in [6.07, 6.45) is 0.359. The molecule has 1 aliphatic rings. The van der Waals surface area contributed by atoms with Crippen molar-refractivity contribution in [2.75, 3.05) is 11.4 Å². The molecule has 26 heavy (non-hydrogen) atoms. The molecule has 1 atom stereocenters. The van der Waals surface area contributed by atoms with E-state index < -0.39 is 0 Å². The van der Waals surface area contributed by atoms with E-state index in [1.165, 1.54) is 0 Å². The fourth-order valence-corrected chi connectivity index (χ4v) is 3.38. The number of benzene rings is 2. The number of hydrogen-bond donors (Lipinski definition) is 0. The molecule has 1 aromatic heterocycles. The van der Waals surface area contributed by atoms with Crippen molar-refractivity contribution < 1.29 is 9.32 Å². The molecule has 1 saturated heterocycles. The molecule has 0 bridgehead atoms. The summed E-state index contributed by atoms with van der Waals surface area (Å²) in [4.78, 5) is 18.8. The van der Waals surface area contributed by atoms with Crippen molar-refractivity contribution in [3.63, 3.8) is 0 Å². The van der Waals surface area contributed by atoms with Gasteiger partial charge in [0.15, 0.2) is 5.82 Å². The fraction of sp³-hybridized carbons (Fsp3) is 0.250. The van der Waals surface area contributed by atoms with Crippen LogP contribution in [0.25, 0.3) is 11.5 Å². The van der Waals surface area contributed by atoms with Crippen LogP contribution in [0.4, 0.5) is 5.69 Å². The third-order valence-corrected chi connectivity index (χ3v) is 5.18. The number of halogens is 1. The molecule has 3 aromatic rings. The lowest BCUT2D eigenvalue weighted by Gasteiger charge is -2.17. The maximum atomic E-state index is 12.5. The van der Waals surface area contributed by atoms with Gasteiger partial charge in [-0.15, -0.1) is 0 Å². The molecule has 132 valence electrons. The van der Waals surface area contributed by atoms with Gasteiger partial charge < -0.3 is 9.42 Å². The van der Waals surface area contributed by atoms with Gasteiger partial charge in [-0.2, -0.15) is 4.98 Å². The first-order valence-electron chi connectivity index (χ1n) is 8.49. The Morgan fingerprint density at radius 3 is 2.73 bits per heavy atom. The summed E-state index contributed by atoms with van der Waals surface area (Å²) in [6.45, 7) is 4.46. The van der Waals surface area contributed by atoms with Gasteiger partial charge in [-0.25, -0.2) is 0 Å². The lowest BCUT2D eigenvalue weighted by molar-refractivity contribution is -0.117. The number of carbonyl (C=O) groups excluding carboxylic acids is 1. The number of anilines is 1. The summed E-state index contributed by atoms with van der Waals surface area (Å²) in [6, 6.07) is 13.5. The van der Waals surface area contributed by atoms with Crippen molar-refractivity contribution in [3.8, 4) is 11.5 Å². The lowest BCUT2D eigenvalue weighted by atomic mass is 10.1. The third kappa shape index (κ3) is 2.99. The number of rotatable bonds is 3. The maximum absolute atomic E-state index is 12.5. The van der Waals surface area contributed by atoms with E-state index in [0.717, 1.165) is 22.4 Å². The Morgan fingerprint density at radius 1 is 1.15 bits per heavy atom. The van der Waals surface area contributed by atoms with Gasteiger partial charge in [-0.1, -0.05) is 41.0 Å². The average molecular weight is 368 g/mol. The predicted molar refractivity (Wildman–Crippen MR) is 100 cm³/mol. The van der Waals surface area contributed by atoms with Crippen molar-refractivity contribution >= 4 is 23.2 Å². The number of hydrogen-bond acceptors (Lipinski definition) is 4. The second kappa shape index (κ2) is 6.57. The minimum atomic E-state index is -0.0934. The zero-order chi connectivity index (χ0) is 18.3. The van der Waals surface area contributed by atoms with Crippen molar-refractivity contribution in [3.05, 3.63) is 64.4 Å². The van der Waals surface area contributed by atoms with Crippen molar-refractivity contribution in [1.29, 1.82) is 0 Å². The topological polar surface area (TPSA) is 59.2 Å². The van der Waals surface area contributed by atoms with E-state index in [9.17, 15) is 4.79 Å². The minimum absolute atomic E-state index is 0.0390. The molecule has 2 heterocycles. The molecule has 1 amide bonds. The van der Waals surface area contributed by atoms with Gasteiger partial charge in [-0.3, -0.25) is 4.79 Å². The van der Waals surface area contributed by atoms with Crippen LogP contribution in [0.5, 0.6) is 0 Å². The molecule has 1 unspecified atom stereocenters. The highest BCUT2D eigenvalue weighted by Gasteiger charge is 2.34. The van der Waals surface area contributed by atoms with E-state index in [0.29, 0.717) is 29.7 Å². The van der Waals surface area contributed by atoms with Gasteiger partial charge in [0.1, 0.15) is 0 Å². The second-order valence-electron chi connectivity index (χ2n) is 6.61. The molecule has 2 aromatic carbocycles. The number of aryl methyl sites for hydroxylation is 2. The smallest absolute Gasteiger partial charge is 0.258 e. The molecule has 0 aliphatic carbocycles. The van der Waals surface area contributed by atoms with Crippen LogP contribution >= 0.6 is 11.6 Å². The first-order valence-corrected chi connectivity index (χ1v) is 8.87. The molecule has 4 rings (SSSR count). The number of nitrogens with zero attached hydrogens (tertiary/aromatic N) is 3. The normalized spacial score (nSPS) is 17.1. The second-order valence-corrected chi connectivity index (χ2v) is 7.02. The number of amides is 1. The molecule has 0 spiro atoms. The fourth-order valence-electron chi connectivity index (χ4n) is 3.20. The summed E-state index contributed by atoms with van der Waals surface area (Å²) in [7, 11) is 0. The van der Waals surface area contributed by atoms with E-state index >= 15 is 0 Å². The quantitative estimate of drug-likeness (QED) is 0.682. The van der Waals surface area contributed by atoms with Crippen LogP contribution in [-0.4, -0.2) is 22.6 Å². The van der Waals surface area contributed by atoms with Crippen LogP contribution in [0.1, 0.15) is 29.3 Å². The van der Waals surface area contributed by atoms with E-state index in [1.54, 1.807) is 4.90 Å². The molecule has 0 radical (unpaired) electrons. The van der Waals surface area contributed by atoms with Gasteiger partial charge in [0, 0.05) is 35.2 Å². The zero-order valence-electron chi connectivity index (χ0n) is 14.6. The van der Waals surface area contributed by atoms with Crippen LogP contribution in [-0.2, 0) is 4.79 Å². The Labute approximate surface area is 156 Å². The molecule has 1 fully saturated rings. The van der Waals surface area contributed by atoms with Gasteiger partial charge in [0.25, 0.3) is 5.89 Å². The Bertz CT molecular complexity index is 983. The number of carbonyl (C=O) groups is 1. The largest absolute Gasteiger partial charge is 0.334 e. The molecule has 0 N–H and O–H groups in total. The van der Waals surface area contributed by atoms with Crippen LogP contribution < -0.4 is 4.90 Å². The molecule has 5 nitrogen and oxygen atoms in total. The van der Waals surface area contributed by atoms with Crippen LogP contribution in [0, 0.1) is 13.8 Å².